The Morgan fingerprint density at radius 2 is 1.03 bits per heavy atom. The van der Waals surface area contributed by atoms with Crippen LogP contribution in [-0.4, -0.2) is 23.1 Å². The molecule has 0 saturated carbocycles. The van der Waals surface area contributed by atoms with E-state index in [9.17, 15) is 9.59 Å². The zero-order valence-electron chi connectivity index (χ0n) is 23.4. The summed E-state index contributed by atoms with van der Waals surface area (Å²) in [4.78, 5) is 23.1. The highest BCUT2D eigenvalue weighted by Crippen LogP contribution is 2.18. The normalized spacial score (nSPS) is 12.3. The third-order valence-electron chi connectivity index (χ3n) is 6.74. The molecule has 0 aromatic heterocycles. The standard InChI is InChI=1S/C31H58O4/c1-3-5-7-9-11-12-13-14-15-16-17-19-24-28-31(34)35-29(25-21-18-10-8-6-4-2)26-22-20-23-27-30(32)33/h12-13,29H,3-11,14-28H2,1-2H3,(H,32,33)/b13-12-. The van der Waals surface area contributed by atoms with E-state index < -0.39 is 5.97 Å². The van der Waals surface area contributed by atoms with Gasteiger partial charge in [-0.1, -0.05) is 103 Å². The van der Waals surface area contributed by atoms with E-state index in [1.807, 2.05) is 0 Å². The highest BCUT2D eigenvalue weighted by atomic mass is 16.5. The molecule has 1 N–H and O–H groups in total. The first-order valence-electron chi connectivity index (χ1n) is 15.2. The molecule has 0 aliphatic heterocycles. The van der Waals surface area contributed by atoms with Crippen molar-refractivity contribution in [2.45, 2.75) is 174 Å². The van der Waals surface area contributed by atoms with Gasteiger partial charge < -0.3 is 9.84 Å². The summed E-state index contributed by atoms with van der Waals surface area (Å²) in [5.41, 5.74) is 0. The minimum atomic E-state index is -0.727. The average Bonchev–Trinajstić information content (AvgIpc) is 2.83. The summed E-state index contributed by atoms with van der Waals surface area (Å²) in [6.07, 6.45) is 30.7. The topological polar surface area (TPSA) is 63.6 Å². The number of carboxylic acids is 1. The number of esters is 1. The number of unbranched alkanes of at least 4 members (excludes halogenated alkanes) is 16. The molecule has 0 aromatic rings. The van der Waals surface area contributed by atoms with Gasteiger partial charge in [-0.15, -0.1) is 0 Å². The Bertz CT molecular complexity index is 500. The maximum atomic E-state index is 12.4. The van der Waals surface area contributed by atoms with Gasteiger partial charge in [0.05, 0.1) is 0 Å². The van der Waals surface area contributed by atoms with Crippen LogP contribution in [0.25, 0.3) is 0 Å². The van der Waals surface area contributed by atoms with Gasteiger partial charge >= 0.3 is 11.9 Å². The number of carbonyl (C=O) groups excluding carboxylic acids is 1. The number of allylic oxidation sites excluding steroid dienone is 2. The van der Waals surface area contributed by atoms with Gasteiger partial charge in [0.1, 0.15) is 6.10 Å². The van der Waals surface area contributed by atoms with E-state index >= 15 is 0 Å². The zero-order chi connectivity index (χ0) is 25.8. The molecular formula is C31H58O4. The van der Waals surface area contributed by atoms with E-state index in [1.165, 1.54) is 89.9 Å². The van der Waals surface area contributed by atoms with Crippen molar-refractivity contribution in [2.75, 3.05) is 0 Å². The SMILES string of the molecule is CCCCCC/C=C\CCCCCCCC(=O)OC(CCCCCCCC)CCCCCC(=O)O. The lowest BCUT2D eigenvalue weighted by atomic mass is 10.0. The number of hydrogen-bond acceptors (Lipinski definition) is 3. The quantitative estimate of drug-likeness (QED) is 0.0701. The van der Waals surface area contributed by atoms with E-state index in [4.69, 9.17) is 9.84 Å². The van der Waals surface area contributed by atoms with Crippen molar-refractivity contribution in [3.63, 3.8) is 0 Å². The molecule has 0 fully saturated rings. The van der Waals surface area contributed by atoms with Gasteiger partial charge in [0.15, 0.2) is 0 Å². The van der Waals surface area contributed by atoms with Crippen LogP contribution in [0.4, 0.5) is 0 Å². The van der Waals surface area contributed by atoms with E-state index in [2.05, 4.69) is 26.0 Å². The Labute approximate surface area is 217 Å². The second-order valence-corrected chi connectivity index (χ2v) is 10.3. The van der Waals surface area contributed by atoms with Crippen molar-refractivity contribution in [1.29, 1.82) is 0 Å². The first-order valence-corrected chi connectivity index (χ1v) is 15.2. The van der Waals surface area contributed by atoms with Crippen molar-refractivity contribution in [3.8, 4) is 0 Å². The molecule has 0 rings (SSSR count). The fourth-order valence-corrected chi connectivity index (χ4v) is 4.47. The molecule has 4 heteroatoms. The molecule has 35 heavy (non-hydrogen) atoms. The van der Waals surface area contributed by atoms with Crippen LogP contribution in [0.2, 0.25) is 0 Å². The lowest BCUT2D eigenvalue weighted by Gasteiger charge is -2.18. The van der Waals surface area contributed by atoms with Gasteiger partial charge in [-0.05, 0) is 64.2 Å². The monoisotopic (exact) mass is 494 g/mol. The Balaban J connectivity index is 3.92. The van der Waals surface area contributed by atoms with E-state index in [-0.39, 0.29) is 18.5 Å². The van der Waals surface area contributed by atoms with E-state index in [1.54, 1.807) is 0 Å². The summed E-state index contributed by atoms with van der Waals surface area (Å²) in [5, 5.41) is 8.79. The molecule has 206 valence electrons. The minimum Gasteiger partial charge on any atom is -0.481 e. The van der Waals surface area contributed by atoms with Crippen LogP contribution < -0.4 is 0 Å². The highest BCUT2D eigenvalue weighted by Gasteiger charge is 2.14. The van der Waals surface area contributed by atoms with Gasteiger partial charge in [-0.25, -0.2) is 0 Å². The lowest BCUT2D eigenvalue weighted by molar-refractivity contribution is -0.150. The molecule has 0 bridgehead atoms. The maximum absolute atomic E-state index is 12.4. The Kier molecular flexibility index (Phi) is 26.2. The van der Waals surface area contributed by atoms with Crippen LogP contribution in [0.1, 0.15) is 168 Å². The summed E-state index contributed by atoms with van der Waals surface area (Å²) < 4.78 is 5.85. The number of ether oxygens (including phenoxy) is 1. The molecule has 0 aliphatic rings. The summed E-state index contributed by atoms with van der Waals surface area (Å²) >= 11 is 0. The van der Waals surface area contributed by atoms with Crippen molar-refractivity contribution >= 4 is 11.9 Å². The van der Waals surface area contributed by atoms with Crippen molar-refractivity contribution in [2.24, 2.45) is 0 Å². The van der Waals surface area contributed by atoms with Crippen LogP contribution in [-0.2, 0) is 14.3 Å². The van der Waals surface area contributed by atoms with Crippen LogP contribution in [0.3, 0.4) is 0 Å². The van der Waals surface area contributed by atoms with Crippen molar-refractivity contribution < 1.29 is 19.4 Å². The fourth-order valence-electron chi connectivity index (χ4n) is 4.47. The minimum absolute atomic E-state index is 0.00672. The van der Waals surface area contributed by atoms with Gasteiger partial charge in [0.2, 0.25) is 0 Å². The summed E-state index contributed by atoms with van der Waals surface area (Å²) in [6.45, 7) is 4.48. The molecule has 1 atom stereocenters. The molecule has 0 heterocycles. The molecule has 0 saturated heterocycles. The Morgan fingerprint density at radius 3 is 1.60 bits per heavy atom. The summed E-state index contributed by atoms with van der Waals surface area (Å²) in [6, 6.07) is 0. The zero-order valence-corrected chi connectivity index (χ0v) is 23.4. The smallest absolute Gasteiger partial charge is 0.306 e. The molecule has 0 radical (unpaired) electrons. The number of rotatable bonds is 27. The van der Waals surface area contributed by atoms with Crippen LogP contribution in [0.5, 0.6) is 0 Å². The molecule has 4 nitrogen and oxygen atoms in total. The summed E-state index contributed by atoms with van der Waals surface area (Å²) in [5.74, 6) is -0.771. The number of hydrogen-bond donors (Lipinski definition) is 1. The van der Waals surface area contributed by atoms with Crippen molar-refractivity contribution in [1.82, 2.24) is 0 Å². The highest BCUT2D eigenvalue weighted by molar-refractivity contribution is 5.69. The third kappa shape index (κ3) is 27.1. The lowest BCUT2D eigenvalue weighted by Crippen LogP contribution is -2.18. The first kappa shape index (κ1) is 33.7. The maximum Gasteiger partial charge on any atom is 0.306 e. The van der Waals surface area contributed by atoms with Gasteiger partial charge in [-0.3, -0.25) is 9.59 Å². The van der Waals surface area contributed by atoms with Gasteiger partial charge in [-0.2, -0.15) is 0 Å². The first-order chi connectivity index (χ1) is 17.1. The van der Waals surface area contributed by atoms with Gasteiger partial charge in [0, 0.05) is 12.8 Å². The average molecular weight is 495 g/mol. The largest absolute Gasteiger partial charge is 0.481 e. The fraction of sp³-hybridized carbons (Fsp3) is 0.871. The molecule has 0 aromatic carbocycles. The Morgan fingerprint density at radius 1 is 0.600 bits per heavy atom. The van der Waals surface area contributed by atoms with Crippen LogP contribution >= 0.6 is 0 Å². The molecule has 0 amide bonds. The van der Waals surface area contributed by atoms with Crippen LogP contribution in [0, 0.1) is 0 Å². The second kappa shape index (κ2) is 27.3. The predicted octanol–water partition coefficient (Wildman–Crippen LogP) is 9.94. The summed E-state index contributed by atoms with van der Waals surface area (Å²) in [7, 11) is 0. The van der Waals surface area contributed by atoms with Crippen LogP contribution in [0.15, 0.2) is 12.2 Å². The molecule has 0 spiro atoms. The molecule has 0 aliphatic carbocycles. The number of carboxylic acid groups (broad SMARTS) is 1. The number of carbonyl (C=O) groups is 2. The predicted molar refractivity (Wildman–Crippen MR) is 149 cm³/mol. The molecular weight excluding hydrogens is 436 g/mol. The van der Waals surface area contributed by atoms with E-state index in [0.717, 1.165) is 44.9 Å². The Hall–Kier alpha value is -1.32. The van der Waals surface area contributed by atoms with Gasteiger partial charge in [0.25, 0.3) is 0 Å². The third-order valence-corrected chi connectivity index (χ3v) is 6.74. The number of aliphatic carboxylic acids is 1. The van der Waals surface area contributed by atoms with Crippen molar-refractivity contribution in [3.05, 3.63) is 12.2 Å². The molecule has 1 unspecified atom stereocenters. The second-order valence-electron chi connectivity index (χ2n) is 10.3. The van der Waals surface area contributed by atoms with E-state index in [0.29, 0.717) is 12.8 Å².